The van der Waals surface area contributed by atoms with Gasteiger partial charge in [-0.3, -0.25) is 14.5 Å². The summed E-state index contributed by atoms with van der Waals surface area (Å²) in [6.07, 6.45) is 0.809. The summed E-state index contributed by atoms with van der Waals surface area (Å²) in [7, 11) is 1.61. The van der Waals surface area contributed by atoms with Gasteiger partial charge in [0, 0.05) is 30.0 Å². The molecule has 31 heavy (non-hydrogen) atoms. The summed E-state index contributed by atoms with van der Waals surface area (Å²) < 4.78 is 4.97. The normalized spacial score (nSPS) is 15.5. The molecule has 0 radical (unpaired) electrons. The maximum Gasteiger partial charge on any atom is 0.413 e. The molecule has 1 fully saturated rings. The molecule has 164 valence electrons. The molecule has 1 unspecified atom stereocenters. The van der Waals surface area contributed by atoms with Crippen LogP contribution in [-0.4, -0.2) is 49.0 Å². The molecule has 0 aliphatic carbocycles. The van der Waals surface area contributed by atoms with Crippen molar-refractivity contribution in [3.8, 4) is 0 Å². The average Bonchev–Trinajstić information content (AvgIpc) is 3.25. The van der Waals surface area contributed by atoms with Gasteiger partial charge in [0.15, 0.2) is 0 Å². The molecule has 0 spiro atoms. The molecule has 1 saturated heterocycles. The highest BCUT2D eigenvalue weighted by Crippen LogP contribution is 2.27. The molecule has 1 N–H and O–H groups in total. The van der Waals surface area contributed by atoms with Gasteiger partial charge in [0.05, 0.1) is 17.2 Å². The Bertz CT molecular complexity index is 981. The van der Waals surface area contributed by atoms with Gasteiger partial charge in [0.1, 0.15) is 6.04 Å². The molecular formula is C22H23Cl2N3O4. The lowest BCUT2D eigenvalue weighted by molar-refractivity contribution is -0.119. The summed E-state index contributed by atoms with van der Waals surface area (Å²) >= 11 is 12.2. The molecule has 0 saturated carbocycles. The standard InChI is InChI=1S/C22H23Cl2N3O4/c1-3-31-22(30)26(2)16-9-7-15(8-10-16)25-20(28)19-5-4-12-27(19)21(29)17-13-14(23)6-11-18(17)24/h6-11,13,19H,3-5,12H2,1-2H3,(H,25,28). The van der Waals surface area contributed by atoms with Crippen LogP contribution < -0.4 is 10.2 Å². The number of anilines is 2. The largest absolute Gasteiger partial charge is 0.449 e. The molecule has 9 heteroatoms. The minimum atomic E-state index is -0.607. The topological polar surface area (TPSA) is 79.0 Å². The van der Waals surface area contributed by atoms with Gasteiger partial charge >= 0.3 is 6.09 Å². The molecule has 3 amide bonds. The quantitative estimate of drug-likeness (QED) is 0.688. The molecule has 1 aliphatic rings. The monoisotopic (exact) mass is 463 g/mol. The van der Waals surface area contributed by atoms with E-state index in [-0.39, 0.29) is 24.0 Å². The first-order valence-electron chi connectivity index (χ1n) is 9.89. The van der Waals surface area contributed by atoms with E-state index in [4.69, 9.17) is 27.9 Å². The number of likely N-dealkylation sites (tertiary alicyclic amines) is 1. The van der Waals surface area contributed by atoms with Crippen LogP contribution in [0.1, 0.15) is 30.1 Å². The lowest BCUT2D eigenvalue weighted by Crippen LogP contribution is -2.43. The highest BCUT2D eigenvalue weighted by molar-refractivity contribution is 6.35. The van der Waals surface area contributed by atoms with Gasteiger partial charge < -0.3 is 15.0 Å². The summed E-state index contributed by atoms with van der Waals surface area (Å²) in [5.74, 6) is -0.605. The van der Waals surface area contributed by atoms with Crippen molar-refractivity contribution in [3.05, 3.63) is 58.1 Å². The van der Waals surface area contributed by atoms with Crippen molar-refractivity contribution in [2.45, 2.75) is 25.8 Å². The number of benzene rings is 2. The second-order valence-electron chi connectivity index (χ2n) is 7.07. The van der Waals surface area contributed by atoms with Gasteiger partial charge in [-0.2, -0.15) is 0 Å². The van der Waals surface area contributed by atoms with E-state index in [9.17, 15) is 14.4 Å². The summed E-state index contributed by atoms with van der Waals surface area (Å²) in [6.45, 7) is 2.49. The molecule has 3 rings (SSSR count). The number of hydrogen-bond donors (Lipinski definition) is 1. The van der Waals surface area contributed by atoms with Crippen molar-refractivity contribution in [1.29, 1.82) is 0 Å². The Kier molecular flexibility index (Phi) is 7.41. The van der Waals surface area contributed by atoms with Crippen LogP contribution >= 0.6 is 23.2 Å². The highest BCUT2D eigenvalue weighted by Gasteiger charge is 2.35. The molecule has 1 atom stereocenters. The van der Waals surface area contributed by atoms with Crippen LogP contribution in [0.15, 0.2) is 42.5 Å². The van der Waals surface area contributed by atoms with E-state index in [0.29, 0.717) is 40.8 Å². The fraction of sp³-hybridized carbons (Fsp3) is 0.318. The molecule has 2 aromatic carbocycles. The zero-order chi connectivity index (χ0) is 22.5. The van der Waals surface area contributed by atoms with E-state index in [1.54, 1.807) is 50.4 Å². The van der Waals surface area contributed by atoms with Gasteiger partial charge in [-0.1, -0.05) is 23.2 Å². The predicted molar refractivity (Wildman–Crippen MR) is 121 cm³/mol. The lowest BCUT2D eigenvalue weighted by atomic mass is 10.1. The minimum absolute atomic E-state index is 0.278. The third-order valence-electron chi connectivity index (χ3n) is 5.04. The Hall–Kier alpha value is -2.77. The van der Waals surface area contributed by atoms with Crippen LogP contribution in [0.5, 0.6) is 0 Å². The molecule has 2 aromatic rings. The van der Waals surface area contributed by atoms with Gasteiger partial charge in [0.25, 0.3) is 5.91 Å². The van der Waals surface area contributed by atoms with Crippen molar-refractivity contribution in [3.63, 3.8) is 0 Å². The minimum Gasteiger partial charge on any atom is -0.449 e. The van der Waals surface area contributed by atoms with E-state index in [1.165, 1.54) is 15.9 Å². The Balaban J connectivity index is 1.69. The number of carbonyl (C=O) groups excluding carboxylic acids is 3. The van der Waals surface area contributed by atoms with Gasteiger partial charge in [-0.15, -0.1) is 0 Å². The summed E-state index contributed by atoms with van der Waals surface area (Å²) in [5.41, 5.74) is 1.47. The number of nitrogens with one attached hydrogen (secondary N) is 1. The number of hydrogen-bond acceptors (Lipinski definition) is 4. The summed E-state index contributed by atoms with van der Waals surface area (Å²) in [4.78, 5) is 40.6. The number of amides is 3. The van der Waals surface area contributed by atoms with Crippen molar-refractivity contribution in [1.82, 2.24) is 4.90 Å². The number of nitrogens with zero attached hydrogens (tertiary/aromatic N) is 2. The second kappa shape index (κ2) is 10.0. The third-order valence-corrected chi connectivity index (χ3v) is 5.60. The number of rotatable bonds is 5. The van der Waals surface area contributed by atoms with Gasteiger partial charge in [0.2, 0.25) is 5.91 Å². The zero-order valence-corrected chi connectivity index (χ0v) is 18.7. The van der Waals surface area contributed by atoms with Crippen LogP contribution in [0.4, 0.5) is 16.2 Å². The maximum atomic E-state index is 13.0. The lowest BCUT2D eigenvalue weighted by Gasteiger charge is -2.24. The van der Waals surface area contributed by atoms with Gasteiger partial charge in [-0.05, 0) is 62.2 Å². The highest BCUT2D eigenvalue weighted by atomic mass is 35.5. The van der Waals surface area contributed by atoms with Crippen molar-refractivity contribution < 1.29 is 19.1 Å². The third kappa shape index (κ3) is 5.29. The van der Waals surface area contributed by atoms with Crippen LogP contribution in [0, 0.1) is 0 Å². The summed E-state index contributed by atoms with van der Waals surface area (Å²) in [5, 5.41) is 3.54. The smallest absolute Gasteiger partial charge is 0.413 e. The van der Waals surface area contributed by atoms with E-state index in [0.717, 1.165) is 0 Å². The number of ether oxygens (including phenoxy) is 1. The van der Waals surface area contributed by atoms with Crippen LogP contribution in [0.2, 0.25) is 10.0 Å². The second-order valence-corrected chi connectivity index (χ2v) is 7.92. The van der Waals surface area contributed by atoms with E-state index >= 15 is 0 Å². The van der Waals surface area contributed by atoms with Crippen molar-refractivity contribution >= 4 is 52.5 Å². The van der Waals surface area contributed by atoms with Crippen molar-refractivity contribution in [2.75, 3.05) is 30.4 Å². The van der Waals surface area contributed by atoms with Gasteiger partial charge in [-0.25, -0.2) is 4.79 Å². The van der Waals surface area contributed by atoms with E-state index in [2.05, 4.69) is 5.32 Å². The molecule has 7 nitrogen and oxygen atoms in total. The molecular weight excluding hydrogens is 441 g/mol. The Morgan fingerprint density at radius 2 is 1.87 bits per heavy atom. The zero-order valence-electron chi connectivity index (χ0n) is 17.2. The fourth-order valence-electron chi connectivity index (χ4n) is 3.42. The van der Waals surface area contributed by atoms with Crippen LogP contribution in [0.25, 0.3) is 0 Å². The molecule has 0 bridgehead atoms. The first kappa shape index (κ1) is 22.9. The Morgan fingerprint density at radius 3 is 2.55 bits per heavy atom. The fourth-order valence-corrected chi connectivity index (χ4v) is 3.79. The average molecular weight is 464 g/mol. The Morgan fingerprint density at radius 1 is 1.16 bits per heavy atom. The van der Waals surface area contributed by atoms with Crippen LogP contribution in [0.3, 0.4) is 0 Å². The van der Waals surface area contributed by atoms with Crippen LogP contribution in [-0.2, 0) is 9.53 Å². The van der Waals surface area contributed by atoms with E-state index in [1.807, 2.05) is 0 Å². The number of carbonyl (C=O) groups is 3. The van der Waals surface area contributed by atoms with Crippen molar-refractivity contribution in [2.24, 2.45) is 0 Å². The SMILES string of the molecule is CCOC(=O)N(C)c1ccc(NC(=O)C2CCCN2C(=O)c2cc(Cl)ccc2Cl)cc1. The Labute approximate surface area is 190 Å². The molecule has 0 aromatic heterocycles. The first-order chi connectivity index (χ1) is 14.8. The maximum absolute atomic E-state index is 13.0. The molecule has 1 heterocycles. The summed E-state index contributed by atoms with van der Waals surface area (Å²) in [6, 6.07) is 10.9. The predicted octanol–water partition coefficient (Wildman–Crippen LogP) is 4.83. The van der Waals surface area contributed by atoms with E-state index < -0.39 is 12.1 Å². The molecule has 1 aliphatic heterocycles. The first-order valence-corrected chi connectivity index (χ1v) is 10.6. The number of halogens is 2.